The van der Waals surface area contributed by atoms with Crippen LogP contribution >= 0.6 is 12.2 Å². The zero-order valence-electron chi connectivity index (χ0n) is 9.86. The van der Waals surface area contributed by atoms with Gasteiger partial charge in [-0.15, -0.1) is 0 Å². The number of fused-ring (bicyclic) bond motifs is 1. The smallest absolute Gasteiger partial charge is 0.266 e. The predicted molar refractivity (Wildman–Crippen MR) is 71.2 cm³/mol. The number of benzene rings is 1. The average Bonchev–Trinajstić information content (AvgIpc) is 2.93. The van der Waals surface area contributed by atoms with Gasteiger partial charge in [0.05, 0.1) is 5.52 Å². The first kappa shape index (κ1) is 11.9. The van der Waals surface area contributed by atoms with Crippen molar-refractivity contribution in [1.82, 2.24) is 10.3 Å². The summed E-state index contributed by atoms with van der Waals surface area (Å²) in [6.45, 7) is 0. The molecule has 2 heterocycles. The molecule has 6 nitrogen and oxygen atoms in total. The quantitative estimate of drug-likeness (QED) is 0.729. The van der Waals surface area contributed by atoms with Crippen molar-refractivity contribution in [3.8, 4) is 0 Å². The molecule has 0 bridgehead atoms. The second kappa shape index (κ2) is 4.51. The Morgan fingerprint density at radius 2 is 2.32 bits per heavy atom. The van der Waals surface area contributed by atoms with Crippen molar-refractivity contribution < 1.29 is 14.0 Å². The first-order valence-corrected chi connectivity index (χ1v) is 6.26. The Morgan fingerprint density at radius 1 is 1.47 bits per heavy atom. The lowest BCUT2D eigenvalue weighted by atomic mass is 10.2. The van der Waals surface area contributed by atoms with Gasteiger partial charge in [0.25, 0.3) is 4.84 Å². The van der Waals surface area contributed by atoms with Crippen LogP contribution in [-0.4, -0.2) is 22.8 Å². The normalized spacial score (nSPS) is 18.5. The standard InChI is InChI=1S/C12H11N3O3S/c16-10-4-3-8(14-10)11(17)13-6-1-2-7-9(5-6)18-12(19)15-7/h1-2,5,8H,3-4H2,(H,13,17)(H,14,16)(H,15,19)/t8-/m1/s1. The minimum absolute atomic E-state index is 0.0908. The van der Waals surface area contributed by atoms with Gasteiger partial charge in [-0.2, -0.15) is 0 Å². The Balaban J connectivity index is 1.79. The molecule has 2 aromatic rings. The third-order valence-electron chi connectivity index (χ3n) is 3.00. The van der Waals surface area contributed by atoms with Gasteiger partial charge in [-0.05, 0) is 30.8 Å². The molecule has 1 aliphatic rings. The lowest BCUT2D eigenvalue weighted by Gasteiger charge is -2.10. The molecule has 3 N–H and O–H groups in total. The number of oxazole rings is 1. The summed E-state index contributed by atoms with van der Waals surface area (Å²) in [5.74, 6) is -0.314. The molecular weight excluding hydrogens is 266 g/mol. The van der Waals surface area contributed by atoms with Crippen molar-refractivity contribution in [3.63, 3.8) is 0 Å². The fourth-order valence-electron chi connectivity index (χ4n) is 2.06. The number of carbonyl (C=O) groups excluding carboxylic acids is 2. The van der Waals surface area contributed by atoms with E-state index in [2.05, 4.69) is 15.6 Å². The van der Waals surface area contributed by atoms with Gasteiger partial charge in [0, 0.05) is 18.2 Å². The number of nitrogens with one attached hydrogen (secondary N) is 3. The van der Waals surface area contributed by atoms with E-state index in [-0.39, 0.29) is 11.8 Å². The summed E-state index contributed by atoms with van der Waals surface area (Å²) in [7, 11) is 0. The van der Waals surface area contributed by atoms with Gasteiger partial charge in [0.15, 0.2) is 5.58 Å². The lowest BCUT2D eigenvalue weighted by molar-refractivity contribution is -0.122. The van der Waals surface area contributed by atoms with Crippen LogP contribution in [0.3, 0.4) is 0 Å². The molecule has 1 aromatic heterocycles. The van der Waals surface area contributed by atoms with E-state index >= 15 is 0 Å². The van der Waals surface area contributed by atoms with E-state index < -0.39 is 6.04 Å². The molecule has 1 aromatic carbocycles. The Bertz CT molecular complexity index is 718. The highest BCUT2D eigenvalue weighted by Crippen LogP contribution is 2.19. The van der Waals surface area contributed by atoms with Gasteiger partial charge in [-0.3, -0.25) is 9.59 Å². The van der Waals surface area contributed by atoms with Gasteiger partial charge in [-0.1, -0.05) is 0 Å². The number of aromatic nitrogens is 1. The maximum absolute atomic E-state index is 11.9. The largest absolute Gasteiger partial charge is 0.429 e. The zero-order chi connectivity index (χ0) is 13.4. The highest BCUT2D eigenvalue weighted by molar-refractivity contribution is 7.71. The van der Waals surface area contributed by atoms with Crippen LogP contribution in [0.2, 0.25) is 0 Å². The van der Waals surface area contributed by atoms with E-state index in [1.807, 2.05) is 0 Å². The summed E-state index contributed by atoms with van der Waals surface area (Å²) in [5.41, 5.74) is 1.96. The molecule has 3 rings (SSSR count). The minimum Gasteiger partial charge on any atom is -0.429 e. The summed E-state index contributed by atoms with van der Waals surface area (Å²) in [6.07, 6.45) is 0.918. The summed E-state index contributed by atoms with van der Waals surface area (Å²) in [4.78, 5) is 26.2. The number of hydrogen-bond acceptors (Lipinski definition) is 4. The molecule has 1 aliphatic heterocycles. The van der Waals surface area contributed by atoms with Crippen molar-refractivity contribution in [1.29, 1.82) is 0 Å². The Hall–Kier alpha value is -2.15. The molecule has 0 radical (unpaired) electrons. The number of rotatable bonds is 2. The van der Waals surface area contributed by atoms with Crippen LogP contribution in [0, 0.1) is 4.84 Å². The Kier molecular flexibility index (Phi) is 2.83. The molecule has 1 saturated heterocycles. The highest BCUT2D eigenvalue weighted by Gasteiger charge is 2.27. The van der Waals surface area contributed by atoms with E-state index in [1.54, 1.807) is 18.2 Å². The lowest BCUT2D eigenvalue weighted by Crippen LogP contribution is -2.37. The second-order valence-corrected chi connectivity index (χ2v) is 4.74. The predicted octanol–water partition coefficient (Wildman–Crippen LogP) is 1.71. The van der Waals surface area contributed by atoms with E-state index in [0.717, 1.165) is 5.52 Å². The van der Waals surface area contributed by atoms with E-state index in [1.165, 1.54) is 0 Å². The van der Waals surface area contributed by atoms with Gasteiger partial charge in [-0.25, -0.2) is 0 Å². The molecule has 1 atom stereocenters. The molecule has 7 heteroatoms. The topological polar surface area (TPSA) is 87.1 Å². The van der Waals surface area contributed by atoms with Crippen molar-refractivity contribution in [2.45, 2.75) is 18.9 Å². The number of carbonyl (C=O) groups is 2. The van der Waals surface area contributed by atoms with Crippen molar-refractivity contribution in [3.05, 3.63) is 23.0 Å². The van der Waals surface area contributed by atoms with Crippen LogP contribution in [-0.2, 0) is 9.59 Å². The third-order valence-corrected chi connectivity index (χ3v) is 3.19. The number of anilines is 1. The van der Waals surface area contributed by atoms with E-state index in [9.17, 15) is 9.59 Å². The highest BCUT2D eigenvalue weighted by atomic mass is 32.1. The number of hydrogen-bond donors (Lipinski definition) is 3. The Morgan fingerprint density at radius 3 is 3.05 bits per heavy atom. The first-order chi connectivity index (χ1) is 9.11. The molecule has 1 fully saturated rings. The first-order valence-electron chi connectivity index (χ1n) is 5.85. The fourth-order valence-corrected chi connectivity index (χ4v) is 2.26. The van der Waals surface area contributed by atoms with Crippen LogP contribution in [0.4, 0.5) is 5.69 Å². The van der Waals surface area contributed by atoms with Crippen molar-refractivity contribution in [2.75, 3.05) is 5.32 Å². The SMILES string of the molecule is O=C1CC[C@H](C(=O)Nc2ccc3[nH]c(=S)oc3c2)N1. The van der Waals surface area contributed by atoms with Crippen LogP contribution < -0.4 is 10.6 Å². The Labute approximate surface area is 113 Å². The zero-order valence-corrected chi connectivity index (χ0v) is 10.7. The summed E-state index contributed by atoms with van der Waals surface area (Å²) in [5, 5.41) is 5.36. The van der Waals surface area contributed by atoms with Gasteiger partial charge >= 0.3 is 0 Å². The third kappa shape index (κ3) is 2.37. The summed E-state index contributed by atoms with van der Waals surface area (Å²) in [6, 6.07) is 4.76. The summed E-state index contributed by atoms with van der Waals surface area (Å²) >= 11 is 4.89. The molecule has 0 spiro atoms. The second-order valence-electron chi connectivity index (χ2n) is 4.37. The number of aromatic amines is 1. The van der Waals surface area contributed by atoms with Crippen LogP contribution in [0.5, 0.6) is 0 Å². The van der Waals surface area contributed by atoms with Gasteiger partial charge in [0.1, 0.15) is 6.04 Å². The molecule has 2 amide bonds. The molecule has 0 aliphatic carbocycles. The monoisotopic (exact) mass is 277 g/mol. The van der Waals surface area contributed by atoms with Crippen LogP contribution in [0.25, 0.3) is 11.1 Å². The van der Waals surface area contributed by atoms with Crippen LogP contribution in [0.15, 0.2) is 22.6 Å². The number of H-pyrrole nitrogens is 1. The van der Waals surface area contributed by atoms with Gasteiger partial charge in [0.2, 0.25) is 11.8 Å². The van der Waals surface area contributed by atoms with E-state index in [0.29, 0.717) is 28.9 Å². The van der Waals surface area contributed by atoms with E-state index in [4.69, 9.17) is 16.6 Å². The maximum atomic E-state index is 11.9. The molecule has 19 heavy (non-hydrogen) atoms. The number of amides is 2. The average molecular weight is 277 g/mol. The van der Waals surface area contributed by atoms with Crippen LogP contribution in [0.1, 0.15) is 12.8 Å². The maximum Gasteiger partial charge on any atom is 0.266 e. The molecular formula is C12H11N3O3S. The molecule has 0 saturated carbocycles. The van der Waals surface area contributed by atoms with Crippen molar-refractivity contribution in [2.24, 2.45) is 0 Å². The summed E-state index contributed by atoms with van der Waals surface area (Å²) < 4.78 is 5.27. The molecule has 0 unspecified atom stereocenters. The minimum atomic E-state index is -0.458. The molecule has 98 valence electrons. The van der Waals surface area contributed by atoms with Gasteiger partial charge < -0.3 is 20.0 Å². The fraction of sp³-hybridized carbons (Fsp3) is 0.250. The van der Waals surface area contributed by atoms with Crippen molar-refractivity contribution >= 4 is 40.8 Å².